The van der Waals surface area contributed by atoms with Gasteiger partial charge in [0.15, 0.2) is 0 Å². The van der Waals surface area contributed by atoms with Gasteiger partial charge in [0, 0.05) is 0 Å². The van der Waals surface area contributed by atoms with Crippen LogP contribution in [-0.2, 0) is 0 Å². The third-order valence-corrected chi connectivity index (χ3v) is 26.4. The first-order chi connectivity index (χ1) is 64.3. The summed E-state index contributed by atoms with van der Waals surface area (Å²) in [5.74, 6) is 10.8. The quantitative estimate of drug-likeness (QED) is 0.136. The molecule has 0 N–H and O–H groups in total. The molecule has 0 spiro atoms. The van der Waals surface area contributed by atoms with E-state index in [0.29, 0.717) is 11.8 Å². The summed E-state index contributed by atoms with van der Waals surface area (Å²) < 4.78 is 0. The van der Waals surface area contributed by atoms with Crippen LogP contribution in [0.5, 0.6) is 0 Å². The molecule has 0 radical (unpaired) electrons. The molecule has 4 fully saturated rings. The molecular weight excluding hydrogens is 1600 g/mol. The van der Waals surface area contributed by atoms with Crippen molar-refractivity contribution in [3.05, 3.63) is 348 Å². The lowest BCUT2D eigenvalue weighted by Gasteiger charge is -2.18. The molecular formula is C133H200. The van der Waals surface area contributed by atoms with E-state index in [1.54, 1.807) is 16.7 Å². The maximum absolute atomic E-state index is 2.36. The van der Waals surface area contributed by atoms with Crippen LogP contribution in [0.25, 0.3) is 21.5 Å². The smallest absolute Gasteiger partial charge is 0.00756 e. The van der Waals surface area contributed by atoms with Crippen molar-refractivity contribution >= 4 is 21.5 Å². The number of fused-ring (bicyclic) bond motifs is 2. The van der Waals surface area contributed by atoms with Gasteiger partial charge >= 0.3 is 0 Å². The molecule has 0 amide bonds. The number of rotatable bonds is 0. The van der Waals surface area contributed by atoms with Gasteiger partial charge in [0.2, 0.25) is 0 Å². The van der Waals surface area contributed by atoms with Gasteiger partial charge in [-0.15, -0.1) is 0 Å². The summed E-state index contributed by atoms with van der Waals surface area (Å²) in [5.41, 5.74) is 11.6. The van der Waals surface area contributed by atoms with Gasteiger partial charge in [-0.3, -0.25) is 0 Å². The van der Waals surface area contributed by atoms with Gasteiger partial charge in [0.25, 0.3) is 0 Å². The zero-order valence-electron chi connectivity index (χ0n) is 89.4. The minimum atomic E-state index is 0.675. The monoisotopic (exact) mass is 1800 g/mol. The molecule has 4 saturated carbocycles. The molecule has 5 atom stereocenters. The molecule has 0 nitrogen and oxygen atoms in total. The highest BCUT2D eigenvalue weighted by Crippen LogP contribution is 2.29. The minimum Gasteiger partial charge on any atom is -0.0885 e. The second-order valence-electron chi connectivity index (χ2n) is 41.6. The standard InChI is InChI=1S/2C11H10.C7H14.3C7H12.3C7H10.C7H8.C6H12.3C6H10.2C6H8.C5H10.2C5H8.C4H8/c1-9-5-4-7-10-6-2-3-8-11(9)10;1-9-6-7-10-4-2-3-5-11(10)8-9;8*1-7-5-3-2-4-6-7;6*1-6-4-2-3-5-6;3*1-5-3-2-4-5;1-4-2-3-4/h2*2-8H,1H3;7H,2-6H2,1H3;5H,2-4,6H2,1H3;3,5,7H,2,4,6H2,1H3;2-3,7H,4-6H2,1H3;3-7H,2H2,1H3;2-3,5H,4,6H2,1H3;2-5,7H,6H2,1H3;2-6H,1H3;6H,2-5H2,1H3;4H,2-3,5H2,1H3;2,4,6H,3,5H2,1H3;2-3,6H,4-5H2,1H3;2,4-5H,3H2,1H3;2-6H,1H3;5H,2-4H2,1H3;3H,2,4H2,1H3;2-3,5H,4H2,1H3;4H,2-3H2,1H3. The average Bonchev–Trinajstić information content (AvgIpc) is 1.34. The Morgan fingerprint density at radius 1 is 0.233 bits per heavy atom. The number of hydrogen-bond donors (Lipinski definition) is 0. The fourth-order valence-corrected chi connectivity index (χ4v) is 15.9. The molecule has 0 bridgehead atoms. The van der Waals surface area contributed by atoms with E-state index < -0.39 is 0 Å². The first-order valence-electron chi connectivity index (χ1n) is 54.2. The zero-order valence-corrected chi connectivity index (χ0v) is 89.4. The van der Waals surface area contributed by atoms with Gasteiger partial charge in [-0.2, -0.15) is 0 Å². The van der Waals surface area contributed by atoms with Gasteiger partial charge in [-0.05, 0) is 314 Å². The Morgan fingerprint density at radius 3 is 1.03 bits per heavy atom. The van der Waals surface area contributed by atoms with E-state index in [4.69, 9.17) is 0 Å². The molecule has 0 aliphatic heterocycles. The van der Waals surface area contributed by atoms with Crippen LogP contribution in [0.4, 0.5) is 0 Å². The van der Waals surface area contributed by atoms with Crippen LogP contribution in [0.1, 0.15) is 385 Å². The Labute approximate surface area is 824 Å². The summed E-state index contributed by atoms with van der Waals surface area (Å²) in [6, 6.07) is 40.0. The van der Waals surface area contributed by atoms with Crippen molar-refractivity contribution < 1.29 is 0 Å². The number of hydrogen-bond acceptors (Lipinski definition) is 0. The average molecular weight is 1800 g/mol. The highest BCUT2D eigenvalue weighted by atomic mass is 14.2. The van der Waals surface area contributed by atoms with E-state index in [1.165, 1.54) is 287 Å². The van der Waals surface area contributed by atoms with Crippen LogP contribution < -0.4 is 0 Å². The predicted octanol–water partition coefficient (Wildman–Crippen LogP) is 43.1. The lowest BCUT2D eigenvalue weighted by atomic mass is 9.88. The zero-order chi connectivity index (χ0) is 96.8. The lowest BCUT2D eigenvalue weighted by Crippen LogP contribution is -2.04. The maximum Gasteiger partial charge on any atom is -0.00756 e. The molecule has 22 rings (SSSR count). The van der Waals surface area contributed by atoms with Crippen molar-refractivity contribution in [2.45, 2.75) is 389 Å². The van der Waals surface area contributed by atoms with Crippen LogP contribution in [-0.4, -0.2) is 0 Å². The number of allylic oxidation sites excluding steroid dienone is 36. The molecule has 5 aromatic rings. The SMILES string of the molecule is CC1=CC=CCC1.CC1=CCC1.CC1=CCC=C1.CC1=CCCC1.CC1=CCCCC1.CC1C=CC1.CC1C=CC=C1.CC1C=CC=CC1.CC1C=CCC1.CC1C=CCC=C1.CC1C=CCCC1.CC1CC1.CC1CC=CC1.CC1CC=CCC1.CC1CCC1.CC1CCCC1.CC1CCCCC1.Cc1ccc2ccccc2c1.Cc1cccc2ccccc12.Cc1ccccc1. The Hall–Kier alpha value is -8.06. The fourth-order valence-electron chi connectivity index (χ4n) is 15.9. The molecule has 17 aliphatic carbocycles. The summed E-state index contributed by atoms with van der Waals surface area (Å²) in [5, 5.41) is 5.33. The van der Waals surface area contributed by atoms with Gasteiger partial charge < -0.3 is 0 Å². The summed E-state index contributed by atoms with van der Waals surface area (Å²) in [7, 11) is 0. The molecule has 133 heavy (non-hydrogen) atoms. The Kier molecular flexibility index (Phi) is 71.7. The van der Waals surface area contributed by atoms with Crippen LogP contribution >= 0.6 is 0 Å². The highest BCUT2D eigenvalue weighted by Gasteiger charge is 2.13. The minimum absolute atomic E-state index is 0.675. The molecule has 0 heteroatoms. The third-order valence-electron chi connectivity index (χ3n) is 26.4. The van der Waals surface area contributed by atoms with Crippen LogP contribution in [0.2, 0.25) is 0 Å². The summed E-state index contributed by atoms with van der Waals surface area (Å²) >= 11 is 0. The Balaban J connectivity index is 0.000000362. The van der Waals surface area contributed by atoms with Gasteiger partial charge in [0.05, 0.1) is 0 Å². The van der Waals surface area contributed by atoms with Gasteiger partial charge in [0.1, 0.15) is 0 Å². The summed E-state index contributed by atoms with van der Waals surface area (Å²) in [6.07, 6.45) is 122. The molecule has 732 valence electrons. The lowest BCUT2D eigenvalue weighted by molar-refractivity contribution is 0.346. The fraction of sp³-hybridized carbons (Fsp3) is 0.534. The predicted molar refractivity (Wildman–Crippen MR) is 606 cm³/mol. The van der Waals surface area contributed by atoms with E-state index in [2.05, 4.69) is 424 Å². The van der Waals surface area contributed by atoms with Crippen molar-refractivity contribution in [2.75, 3.05) is 0 Å². The molecule has 5 aromatic carbocycles. The van der Waals surface area contributed by atoms with Gasteiger partial charge in [-0.1, -0.05) is 516 Å². The third kappa shape index (κ3) is 72.0. The maximum atomic E-state index is 2.36. The van der Waals surface area contributed by atoms with Crippen molar-refractivity contribution in [2.24, 2.45) is 71.0 Å². The van der Waals surface area contributed by atoms with Gasteiger partial charge in [-0.25, -0.2) is 0 Å². The topological polar surface area (TPSA) is 0 Å². The van der Waals surface area contributed by atoms with Crippen molar-refractivity contribution in [1.82, 2.24) is 0 Å². The van der Waals surface area contributed by atoms with Crippen molar-refractivity contribution in [3.63, 3.8) is 0 Å². The Morgan fingerprint density at radius 2 is 0.744 bits per heavy atom. The first kappa shape index (κ1) is 119. The summed E-state index contributed by atoms with van der Waals surface area (Å²) in [6.45, 7) is 44.4. The molecule has 5 unspecified atom stereocenters. The molecule has 0 saturated heterocycles. The largest absolute Gasteiger partial charge is 0.0885 e. The van der Waals surface area contributed by atoms with E-state index in [-0.39, 0.29) is 0 Å². The van der Waals surface area contributed by atoms with Crippen molar-refractivity contribution in [1.29, 1.82) is 0 Å². The van der Waals surface area contributed by atoms with Crippen molar-refractivity contribution in [3.8, 4) is 0 Å². The summed E-state index contributed by atoms with van der Waals surface area (Å²) in [4.78, 5) is 0. The molecule has 0 aromatic heterocycles. The normalized spacial score (nSPS) is 21.6. The first-order valence-corrected chi connectivity index (χ1v) is 54.2. The van der Waals surface area contributed by atoms with Crippen LogP contribution in [0.15, 0.2) is 331 Å². The number of aryl methyl sites for hydroxylation is 3. The van der Waals surface area contributed by atoms with E-state index in [0.717, 1.165) is 72.0 Å². The number of benzene rings is 5. The van der Waals surface area contributed by atoms with Crippen LogP contribution in [0.3, 0.4) is 0 Å². The van der Waals surface area contributed by atoms with Crippen LogP contribution in [0, 0.1) is 91.8 Å². The molecule has 17 aliphatic rings. The highest BCUT2D eigenvalue weighted by molar-refractivity contribution is 5.85. The van der Waals surface area contributed by atoms with E-state index >= 15 is 0 Å². The Bertz CT molecular complexity index is 4230. The second kappa shape index (κ2) is 80.1. The molecule has 0 heterocycles. The second-order valence-corrected chi connectivity index (χ2v) is 41.6. The van der Waals surface area contributed by atoms with E-state index in [9.17, 15) is 0 Å². The van der Waals surface area contributed by atoms with E-state index in [1.807, 2.05) is 18.2 Å².